The minimum absolute atomic E-state index is 0.462. The highest BCUT2D eigenvalue weighted by atomic mass is 35.6. The van der Waals surface area contributed by atoms with Gasteiger partial charge in [0.25, 0.3) is 0 Å². The number of benzene rings is 1. The molecule has 0 heterocycles. The molecule has 2 rings (SSSR count). The van der Waals surface area contributed by atoms with Crippen LogP contribution in [0.2, 0.25) is 0 Å². The molecule has 0 aromatic heterocycles. The minimum atomic E-state index is -0.462. The van der Waals surface area contributed by atoms with Crippen molar-refractivity contribution in [2.75, 3.05) is 0 Å². The van der Waals surface area contributed by atoms with Gasteiger partial charge in [-0.25, -0.2) is 0 Å². The number of allylic oxidation sites excluding steroid dienone is 1. The van der Waals surface area contributed by atoms with Crippen LogP contribution in [0.3, 0.4) is 0 Å². The zero-order valence-corrected chi connectivity index (χ0v) is 9.22. The normalized spacial score (nSPS) is 21.5. The highest BCUT2D eigenvalue weighted by molar-refractivity contribution is 6.94. The van der Waals surface area contributed by atoms with Gasteiger partial charge in [0.15, 0.2) is 0 Å². The molecule has 0 saturated heterocycles. The lowest BCUT2D eigenvalue weighted by atomic mass is 10.1. The summed E-state index contributed by atoms with van der Waals surface area (Å²) in [5, 5.41) is 0. The summed E-state index contributed by atoms with van der Waals surface area (Å²) in [4.78, 5) is 0. The van der Waals surface area contributed by atoms with E-state index in [0.29, 0.717) is 5.54 Å². The Bertz CT molecular complexity index is 330. The Morgan fingerprint density at radius 1 is 1.33 bits per heavy atom. The Morgan fingerprint density at radius 3 is 2.83 bits per heavy atom. The third kappa shape index (κ3) is 1.13. The van der Waals surface area contributed by atoms with Crippen LogP contribution in [0.5, 0.6) is 0 Å². The van der Waals surface area contributed by atoms with Gasteiger partial charge < -0.3 is 0 Å². The van der Waals surface area contributed by atoms with Gasteiger partial charge in [-0.2, -0.15) is 11.1 Å². The Balaban J connectivity index is 2.50. The topological polar surface area (TPSA) is 0 Å². The summed E-state index contributed by atoms with van der Waals surface area (Å²) in [5.41, 5.74) is 4.84. The third-order valence-electron chi connectivity index (χ3n) is 2.46. The second-order valence-corrected chi connectivity index (χ2v) is 5.28. The van der Waals surface area contributed by atoms with Crippen LogP contribution in [0.15, 0.2) is 29.8 Å². The highest BCUT2D eigenvalue weighted by Gasteiger charge is 2.20. The molecule has 1 aromatic rings. The van der Waals surface area contributed by atoms with Gasteiger partial charge in [-0.3, -0.25) is 0 Å². The molecule has 0 aliphatic heterocycles. The smallest absolute Gasteiger partial charge is 0.136 e. The van der Waals surface area contributed by atoms with Crippen LogP contribution in [-0.4, -0.2) is 8.83 Å². The maximum Gasteiger partial charge on any atom is 0.136 e. The van der Waals surface area contributed by atoms with Crippen molar-refractivity contribution in [3.63, 3.8) is 0 Å². The monoisotopic (exact) mass is 194 g/mol. The molecule has 1 aliphatic carbocycles. The van der Waals surface area contributed by atoms with Gasteiger partial charge in [-0.05, 0) is 18.1 Å². The lowest BCUT2D eigenvalue weighted by Crippen LogP contribution is -2.00. The van der Waals surface area contributed by atoms with Crippen molar-refractivity contribution in [2.24, 2.45) is 0 Å². The molecule has 0 N–H and O–H groups in total. The fraction of sp³-hybridized carbons (Fsp3) is 0.200. The summed E-state index contributed by atoms with van der Waals surface area (Å²) in [7, 11) is -0.462. The van der Waals surface area contributed by atoms with E-state index in [1.54, 1.807) is 0 Å². The van der Waals surface area contributed by atoms with E-state index in [4.69, 9.17) is 11.1 Å². The maximum absolute atomic E-state index is 6.03. The molecule has 0 fully saturated rings. The molecule has 0 saturated carbocycles. The summed E-state index contributed by atoms with van der Waals surface area (Å²) in [5.74, 6) is 0. The molecule has 62 valence electrons. The van der Waals surface area contributed by atoms with E-state index in [1.807, 2.05) is 0 Å². The Hall–Kier alpha value is -0.533. The molecule has 2 heteroatoms. The Kier molecular flexibility index (Phi) is 2.07. The molecule has 0 bridgehead atoms. The fourth-order valence-corrected chi connectivity index (χ4v) is 3.88. The lowest BCUT2D eigenvalue weighted by molar-refractivity contribution is 1.14. The summed E-state index contributed by atoms with van der Waals surface area (Å²) in [6.45, 7) is 2.18. The van der Waals surface area contributed by atoms with Crippen LogP contribution in [0.25, 0.3) is 6.08 Å². The number of hydrogen-bond acceptors (Lipinski definition) is 0. The van der Waals surface area contributed by atoms with Crippen molar-refractivity contribution < 1.29 is 0 Å². The van der Waals surface area contributed by atoms with E-state index >= 15 is 0 Å². The first kappa shape index (κ1) is 8.08. The molecule has 1 unspecified atom stereocenters. The molecular weight excluding hydrogens is 184 g/mol. The third-order valence-corrected chi connectivity index (χ3v) is 4.78. The van der Waals surface area contributed by atoms with Gasteiger partial charge in [0.1, 0.15) is 8.83 Å². The van der Waals surface area contributed by atoms with Gasteiger partial charge in [0, 0.05) is 5.54 Å². The number of rotatable bonds is 1. The summed E-state index contributed by atoms with van der Waals surface area (Å²) < 4.78 is 0. The first-order valence-corrected chi connectivity index (χ1v) is 7.11. The van der Waals surface area contributed by atoms with E-state index in [9.17, 15) is 0 Å². The van der Waals surface area contributed by atoms with Crippen LogP contribution < -0.4 is 0 Å². The standard InChI is InChI=1S/C10H11ClSi/c1-7-6-8-4-2-3-5-9(8)10(7)12-11/h2-6,10H,12H2,1H3. The predicted molar refractivity (Wildman–Crippen MR) is 57.2 cm³/mol. The van der Waals surface area contributed by atoms with E-state index in [-0.39, 0.29) is 0 Å². The second-order valence-electron chi connectivity index (χ2n) is 3.22. The van der Waals surface area contributed by atoms with Crippen molar-refractivity contribution in [1.29, 1.82) is 0 Å². The van der Waals surface area contributed by atoms with Crippen molar-refractivity contribution in [1.82, 2.24) is 0 Å². The van der Waals surface area contributed by atoms with Gasteiger partial charge >= 0.3 is 0 Å². The van der Waals surface area contributed by atoms with Crippen LogP contribution in [0.1, 0.15) is 23.6 Å². The molecule has 0 spiro atoms. The average molecular weight is 195 g/mol. The van der Waals surface area contributed by atoms with Gasteiger partial charge in [0.05, 0.1) is 0 Å². The van der Waals surface area contributed by atoms with Gasteiger partial charge in [-0.15, -0.1) is 0 Å². The molecule has 1 aromatic carbocycles. The first-order chi connectivity index (χ1) is 5.83. The fourth-order valence-electron chi connectivity index (χ4n) is 1.76. The highest BCUT2D eigenvalue weighted by Crippen LogP contribution is 2.35. The van der Waals surface area contributed by atoms with Crippen LogP contribution >= 0.6 is 11.1 Å². The van der Waals surface area contributed by atoms with Crippen LogP contribution in [-0.2, 0) is 0 Å². The Labute approximate surface area is 79.8 Å². The van der Waals surface area contributed by atoms with Gasteiger partial charge in [-0.1, -0.05) is 35.9 Å². The predicted octanol–water partition coefficient (Wildman–Crippen LogP) is 2.47. The van der Waals surface area contributed by atoms with E-state index < -0.39 is 8.83 Å². The van der Waals surface area contributed by atoms with Crippen molar-refractivity contribution >= 4 is 26.0 Å². The quantitative estimate of drug-likeness (QED) is 0.476. The van der Waals surface area contributed by atoms with E-state index in [0.717, 1.165) is 0 Å². The minimum Gasteiger partial charge on any atom is -0.175 e. The van der Waals surface area contributed by atoms with Gasteiger partial charge in [0.2, 0.25) is 0 Å². The first-order valence-electron chi connectivity index (χ1n) is 4.16. The number of halogens is 1. The number of fused-ring (bicyclic) bond motifs is 1. The van der Waals surface area contributed by atoms with Crippen molar-refractivity contribution in [2.45, 2.75) is 12.5 Å². The van der Waals surface area contributed by atoms with Crippen molar-refractivity contribution in [3.8, 4) is 0 Å². The zero-order valence-electron chi connectivity index (χ0n) is 7.05. The van der Waals surface area contributed by atoms with Crippen LogP contribution in [0, 0.1) is 0 Å². The van der Waals surface area contributed by atoms with Crippen molar-refractivity contribution in [3.05, 3.63) is 41.0 Å². The molecule has 1 atom stereocenters. The molecule has 0 nitrogen and oxygen atoms in total. The van der Waals surface area contributed by atoms with E-state index in [2.05, 4.69) is 37.3 Å². The molecule has 12 heavy (non-hydrogen) atoms. The van der Waals surface area contributed by atoms with Crippen LogP contribution in [0.4, 0.5) is 0 Å². The molecule has 0 radical (unpaired) electrons. The Morgan fingerprint density at radius 2 is 2.08 bits per heavy atom. The summed E-state index contributed by atoms with van der Waals surface area (Å²) >= 11 is 6.03. The zero-order chi connectivity index (χ0) is 8.55. The summed E-state index contributed by atoms with van der Waals surface area (Å²) in [6, 6.07) is 8.54. The SMILES string of the molecule is CC1=Cc2ccccc2C1[SiH2]Cl. The molecule has 1 aliphatic rings. The second kappa shape index (κ2) is 3.07. The molecule has 0 amide bonds. The molecular formula is C10H11ClSi. The van der Waals surface area contributed by atoms with E-state index in [1.165, 1.54) is 16.7 Å². The number of hydrogen-bond donors (Lipinski definition) is 0. The average Bonchev–Trinajstić information content (AvgIpc) is 2.40. The summed E-state index contributed by atoms with van der Waals surface area (Å²) in [6.07, 6.45) is 2.26. The maximum atomic E-state index is 6.03. The lowest BCUT2D eigenvalue weighted by Gasteiger charge is -2.08. The largest absolute Gasteiger partial charge is 0.175 e.